The average Bonchev–Trinajstić information content (AvgIpc) is 3.28. The van der Waals surface area contributed by atoms with Gasteiger partial charge in [-0.3, -0.25) is 0 Å². The van der Waals surface area contributed by atoms with Crippen LogP contribution in [0.1, 0.15) is 6.23 Å². The first kappa shape index (κ1) is 15.5. The number of aliphatic hydroxyl groups excluding tert-OH is 2. The van der Waals surface area contributed by atoms with Crippen LogP contribution < -0.4 is 5.73 Å². The second kappa shape index (κ2) is 5.78. The third kappa shape index (κ3) is 2.20. The second-order valence-corrected chi connectivity index (χ2v) is 6.38. The summed E-state index contributed by atoms with van der Waals surface area (Å²) < 4.78 is 21.5. The predicted molar refractivity (Wildman–Crippen MR) is 87.2 cm³/mol. The molecule has 7 nitrogen and oxygen atoms in total. The SMILES string of the molecule is Nc1ncnc2c1c(-c1ccsc1)cn2[C@@H]1O[C@H](CO)[C@@H](O)[C@@H]1F. The molecule has 1 saturated heterocycles. The lowest BCUT2D eigenvalue weighted by atomic mass is 10.1. The van der Waals surface area contributed by atoms with Crippen LogP contribution in [0.5, 0.6) is 0 Å². The number of fused-ring (bicyclic) bond motifs is 1. The highest BCUT2D eigenvalue weighted by Gasteiger charge is 2.45. The lowest BCUT2D eigenvalue weighted by molar-refractivity contribution is -0.0457. The van der Waals surface area contributed by atoms with Crippen LogP contribution in [0.3, 0.4) is 0 Å². The van der Waals surface area contributed by atoms with Crippen LogP contribution in [0.2, 0.25) is 0 Å². The Bertz CT molecular complexity index is 869. The molecule has 4 atom stereocenters. The van der Waals surface area contributed by atoms with E-state index >= 15 is 0 Å². The third-order valence-corrected chi connectivity index (χ3v) is 4.90. The van der Waals surface area contributed by atoms with E-state index in [0.29, 0.717) is 11.0 Å². The van der Waals surface area contributed by atoms with Gasteiger partial charge in [-0.25, -0.2) is 14.4 Å². The van der Waals surface area contributed by atoms with Gasteiger partial charge in [0.2, 0.25) is 0 Å². The zero-order valence-electron chi connectivity index (χ0n) is 12.4. The fourth-order valence-electron chi connectivity index (χ4n) is 3.02. The summed E-state index contributed by atoms with van der Waals surface area (Å²) in [5, 5.41) is 23.6. The van der Waals surface area contributed by atoms with Gasteiger partial charge in [0, 0.05) is 11.8 Å². The van der Waals surface area contributed by atoms with Crippen molar-refractivity contribution in [2.75, 3.05) is 12.3 Å². The summed E-state index contributed by atoms with van der Waals surface area (Å²) in [4.78, 5) is 8.23. The van der Waals surface area contributed by atoms with E-state index in [-0.39, 0.29) is 5.82 Å². The minimum Gasteiger partial charge on any atom is -0.394 e. The van der Waals surface area contributed by atoms with Gasteiger partial charge in [-0.05, 0) is 22.4 Å². The molecule has 0 amide bonds. The molecule has 1 fully saturated rings. The molecular formula is C15H15FN4O3S. The van der Waals surface area contributed by atoms with Crippen molar-refractivity contribution in [3.63, 3.8) is 0 Å². The number of aromatic nitrogens is 3. The molecular weight excluding hydrogens is 335 g/mol. The Morgan fingerprint density at radius 2 is 2.25 bits per heavy atom. The van der Waals surface area contributed by atoms with E-state index in [1.165, 1.54) is 22.2 Å². The number of halogens is 1. The number of thiophene rings is 1. The van der Waals surface area contributed by atoms with Crippen LogP contribution in [-0.2, 0) is 4.74 Å². The number of hydrogen-bond donors (Lipinski definition) is 3. The van der Waals surface area contributed by atoms with Crippen LogP contribution in [0.15, 0.2) is 29.4 Å². The number of nitrogens with zero attached hydrogens (tertiary/aromatic N) is 3. The molecule has 4 rings (SSSR count). The van der Waals surface area contributed by atoms with E-state index in [9.17, 15) is 14.6 Å². The first-order valence-electron chi connectivity index (χ1n) is 7.34. The van der Waals surface area contributed by atoms with Crippen molar-refractivity contribution in [1.82, 2.24) is 14.5 Å². The van der Waals surface area contributed by atoms with Crippen molar-refractivity contribution in [1.29, 1.82) is 0 Å². The predicted octanol–water partition coefficient (Wildman–Crippen LogP) is 1.33. The fraction of sp³-hybridized carbons (Fsp3) is 0.333. The lowest BCUT2D eigenvalue weighted by Gasteiger charge is -2.15. The number of nitrogen functional groups attached to an aromatic ring is 1. The van der Waals surface area contributed by atoms with Crippen molar-refractivity contribution in [3.05, 3.63) is 29.4 Å². The molecule has 24 heavy (non-hydrogen) atoms. The Labute approximate surface area is 140 Å². The number of anilines is 1. The Hall–Kier alpha value is -2.07. The maximum atomic E-state index is 14.5. The van der Waals surface area contributed by atoms with E-state index in [2.05, 4.69) is 9.97 Å². The monoisotopic (exact) mass is 350 g/mol. The molecule has 126 valence electrons. The van der Waals surface area contributed by atoms with Crippen LogP contribution in [0, 0.1) is 0 Å². The minimum absolute atomic E-state index is 0.285. The molecule has 0 saturated carbocycles. The van der Waals surface area contributed by atoms with Gasteiger partial charge in [-0.15, -0.1) is 0 Å². The zero-order chi connectivity index (χ0) is 16.8. The van der Waals surface area contributed by atoms with Gasteiger partial charge in [0.15, 0.2) is 12.4 Å². The number of hydrogen-bond acceptors (Lipinski definition) is 7. The maximum absolute atomic E-state index is 14.5. The van der Waals surface area contributed by atoms with Gasteiger partial charge in [-0.2, -0.15) is 11.3 Å². The minimum atomic E-state index is -1.69. The Kier molecular flexibility index (Phi) is 3.72. The molecule has 4 N–H and O–H groups in total. The number of rotatable bonds is 3. The number of alkyl halides is 1. The summed E-state index contributed by atoms with van der Waals surface area (Å²) in [6.07, 6.45) is -2.17. The van der Waals surface area contributed by atoms with E-state index in [1.807, 2.05) is 16.8 Å². The van der Waals surface area contributed by atoms with Crippen molar-refractivity contribution in [3.8, 4) is 11.1 Å². The van der Waals surface area contributed by atoms with Gasteiger partial charge in [0.25, 0.3) is 0 Å². The molecule has 3 aromatic rings. The van der Waals surface area contributed by atoms with Gasteiger partial charge in [0.1, 0.15) is 30.0 Å². The summed E-state index contributed by atoms with van der Waals surface area (Å²) in [5.41, 5.74) is 8.10. The van der Waals surface area contributed by atoms with Gasteiger partial charge < -0.3 is 25.3 Å². The molecule has 0 aromatic carbocycles. The average molecular weight is 350 g/mol. The third-order valence-electron chi connectivity index (χ3n) is 4.22. The Balaban J connectivity index is 1.90. The molecule has 3 aromatic heterocycles. The summed E-state index contributed by atoms with van der Waals surface area (Å²) in [5.74, 6) is 0.285. The van der Waals surface area contributed by atoms with Gasteiger partial charge in [0.05, 0.1) is 12.0 Å². The zero-order valence-corrected chi connectivity index (χ0v) is 13.2. The van der Waals surface area contributed by atoms with Gasteiger partial charge in [-0.1, -0.05) is 0 Å². The summed E-state index contributed by atoms with van der Waals surface area (Å²) in [6, 6.07) is 1.92. The highest BCUT2D eigenvalue weighted by molar-refractivity contribution is 7.08. The van der Waals surface area contributed by atoms with Crippen LogP contribution >= 0.6 is 11.3 Å². The van der Waals surface area contributed by atoms with Crippen LogP contribution in [-0.4, -0.2) is 49.7 Å². The van der Waals surface area contributed by atoms with Crippen molar-refractivity contribution >= 4 is 28.2 Å². The smallest absolute Gasteiger partial charge is 0.173 e. The number of nitrogens with two attached hydrogens (primary N) is 1. The Morgan fingerprint density at radius 3 is 2.92 bits per heavy atom. The maximum Gasteiger partial charge on any atom is 0.173 e. The Morgan fingerprint density at radius 1 is 1.42 bits per heavy atom. The van der Waals surface area contributed by atoms with Crippen LogP contribution in [0.25, 0.3) is 22.2 Å². The molecule has 1 aliphatic heterocycles. The summed E-state index contributed by atoms with van der Waals surface area (Å²) >= 11 is 1.53. The number of ether oxygens (including phenoxy) is 1. The van der Waals surface area contributed by atoms with E-state index in [4.69, 9.17) is 10.5 Å². The topological polar surface area (TPSA) is 106 Å². The first-order valence-corrected chi connectivity index (χ1v) is 8.28. The van der Waals surface area contributed by atoms with Crippen molar-refractivity contribution < 1.29 is 19.3 Å². The summed E-state index contributed by atoms with van der Waals surface area (Å²) in [6.45, 7) is -0.466. The second-order valence-electron chi connectivity index (χ2n) is 5.60. The molecule has 0 bridgehead atoms. The molecule has 0 spiro atoms. The highest BCUT2D eigenvalue weighted by Crippen LogP contribution is 2.39. The molecule has 0 aliphatic carbocycles. The van der Waals surface area contributed by atoms with Crippen molar-refractivity contribution in [2.24, 2.45) is 0 Å². The highest BCUT2D eigenvalue weighted by atomic mass is 32.1. The largest absolute Gasteiger partial charge is 0.394 e. The fourth-order valence-corrected chi connectivity index (χ4v) is 3.67. The van der Waals surface area contributed by atoms with E-state index < -0.39 is 31.2 Å². The summed E-state index contributed by atoms with van der Waals surface area (Å²) in [7, 11) is 0. The van der Waals surface area contributed by atoms with Crippen molar-refractivity contribution in [2.45, 2.75) is 24.6 Å². The number of aliphatic hydroxyl groups is 2. The molecule has 0 unspecified atom stereocenters. The van der Waals surface area contributed by atoms with E-state index in [1.54, 1.807) is 6.20 Å². The normalized spacial score (nSPS) is 27.1. The molecule has 9 heteroatoms. The van der Waals surface area contributed by atoms with Crippen LogP contribution in [0.4, 0.5) is 10.2 Å². The quantitative estimate of drug-likeness (QED) is 0.658. The standard InChI is InChI=1S/C15H15FN4O3S/c16-11-12(22)9(4-21)23-15(11)20-3-8(7-1-2-24-5-7)10-13(17)18-6-19-14(10)20/h1-3,5-6,9,11-12,15,21-22H,4H2,(H2,17,18,19)/t9-,11+,12-,15-/m1/s1. The molecule has 4 heterocycles. The molecule has 1 aliphatic rings. The first-order chi connectivity index (χ1) is 11.6. The van der Waals surface area contributed by atoms with Gasteiger partial charge >= 0.3 is 0 Å². The molecule has 0 radical (unpaired) electrons. The lowest BCUT2D eigenvalue weighted by Crippen LogP contribution is -2.30. The van der Waals surface area contributed by atoms with E-state index in [0.717, 1.165) is 11.1 Å².